The van der Waals surface area contributed by atoms with Gasteiger partial charge in [0.05, 0.1) is 11.1 Å². The Balaban J connectivity index is 2.24. The Morgan fingerprint density at radius 1 is 1.52 bits per heavy atom. The number of carbonyl (C=O) groups excluding carboxylic acids is 1. The Hall–Kier alpha value is -2.41. The second kappa shape index (κ2) is 5.92. The van der Waals surface area contributed by atoms with Crippen molar-refractivity contribution >= 4 is 23.2 Å². The van der Waals surface area contributed by atoms with Crippen LogP contribution in [0.4, 0.5) is 5.69 Å². The van der Waals surface area contributed by atoms with Crippen LogP contribution in [0.25, 0.3) is 0 Å². The molecular weight excluding hydrogens is 298 g/mol. The quantitative estimate of drug-likeness (QED) is 0.691. The molecule has 1 aromatic carbocycles. The summed E-state index contributed by atoms with van der Waals surface area (Å²) in [6.07, 6.45) is 1.53. The molecule has 7 nitrogen and oxygen atoms in total. The number of benzene rings is 1. The molecule has 0 radical (unpaired) electrons. The van der Waals surface area contributed by atoms with E-state index in [4.69, 9.17) is 16.0 Å². The second-order valence-electron chi connectivity index (χ2n) is 4.42. The average Bonchev–Trinajstić information content (AvgIpc) is 2.85. The van der Waals surface area contributed by atoms with Gasteiger partial charge in [-0.15, -0.1) is 0 Å². The van der Waals surface area contributed by atoms with Gasteiger partial charge in [0.1, 0.15) is 17.4 Å². The van der Waals surface area contributed by atoms with Crippen molar-refractivity contribution in [3.63, 3.8) is 0 Å². The van der Waals surface area contributed by atoms with Crippen molar-refractivity contribution in [2.24, 2.45) is 0 Å². The molecule has 0 aliphatic rings. The molecule has 1 aromatic heterocycles. The van der Waals surface area contributed by atoms with Crippen molar-refractivity contribution in [3.05, 3.63) is 56.7 Å². The molecule has 1 heterocycles. The van der Waals surface area contributed by atoms with Gasteiger partial charge in [-0.2, -0.15) is 0 Å². The van der Waals surface area contributed by atoms with Gasteiger partial charge in [-0.3, -0.25) is 14.9 Å². The van der Waals surface area contributed by atoms with Gasteiger partial charge in [0, 0.05) is 11.1 Å². The van der Waals surface area contributed by atoms with Crippen LogP contribution in [-0.4, -0.2) is 15.8 Å². The van der Waals surface area contributed by atoms with Crippen molar-refractivity contribution in [2.45, 2.75) is 19.9 Å². The number of hydrogen-bond acceptors (Lipinski definition) is 5. The third-order valence-corrected chi connectivity index (χ3v) is 2.99. The monoisotopic (exact) mass is 309 g/mol. The number of nitrogens with zero attached hydrogens (tertiary/aromatic N) is 2. The predicted molar refractivity (Wildman–Crippen MR) is 75.2 cm³/mol. The first-order valence-electron chi connectivity index (χ1n) is 6.05. The molecule has 110 valence electrons. The van der Waals surface area contributed by atoms with Crippen molar-refractivity contribution < 1.29 is 14.1 Å². The number of aryl methyl sites for hydroxylation is 1. The number of nitro groups is 1. The Kier molecular flexibility index (Phi) is 4.23. The van der Waals surface area contributed by atoms with E-state index < -0.39 is 16.9 Å². The van der Waals surface area contributed by atoms with E-state index in [2.05, 4.69) is 10.3 Å². The van der Waals surface area contributed by atoms with E-state index in [1.807, 2.05) is 0 Å². The molecule has 1 unspecified atom stereocenters. The fourth-order valence-electron chi connectivity index (χ4n) is 1.76. The standard InChI is InChI=1S/C13H12ClN3O4/c1-7-6-15-13(21-7)8(2)16-12(18)10-5-9(14)3-4-11(10)17(19)20/h3-6,8H,1-2H3,(H,16,18). The first kappa shape index (κ1) is 15.0. The molecule has 1 atom stereocenters. The van der Waals surface area contributed by atoms with Crippen molar-refractivity contribution in [1.29, 1.82) is 0 Å². The zero-order valence-corrected chi connectivity index (χ0v) is 12.0. The number of rotatable bonds is 4. The highest BCUT2D eigenvalue weighted by atomic mass is 35.5. The largest absolute Gasteiger partial charge is 0.444 e. The van der Waals surface area contributed by atoms with E-state index in [1.54, 1.807) is 13.8 Å². The van der Waals surface area contributed by atoms with Gasteiger partial charge in [0.15, 0.2) is 0 Å². The second-order valence-corrected chi connectivity index (χ2v) is 4.86. The number of oxazole rings is 1. The van der Waals surface area contributed by atoms with Crippen LogP contribution in [0.3, 0.4) is 0 Å². The van der Waals surface area contributed by atoms with Gasteiger partial charge in [0.2, 0.25) is 5.89 Å². The van der Waals surface area contributed by atoms with E-state index in [0.717, 1.165) is 0 Å². The van der Waals surface area contributed by atoms with Gasteiger partial charge >= 0.3 is 0 Å². The maximum atomic E-state index is 12.2. The summed E-state index contributed by atoms with van der Waals surface area (Å²) in [5, 5.41) is 13.8. The topological polar surface area (TPSA) is 98.3 Å². The van der Waals surface area contributed by atoms with E-state index in [1.165, 1.54) is 24.4 Å². The molecule has 1 amide bonds. The first-order valence-corrected chi connectivity index (χ1v) is 6.43. The van der Waals surface area contributed by atoms with E-state index >= 15 is 0 Å². The number of carbonyl (C=O) groups is 1. The lowest BCUT2D eigenvalue weighted by Crippen LogP contribution is -2.27. The first-order chi connectivity index (χ1) is 9.88. The minimum Gasteiger partial charge on any atom is -0.444 e. The maximum Gasteiger partial charge on any atom is 0.282 e. The molecule has 0 fully saturated rings. The van der Waals surface area contributed by atoms with E-state index in [9.17, 15) is 14.9 Å². The number of nitro benzene ring substituents is 1. The number of nitrogens with one attached hydrogen (secondary N) is 1. The zero-order valence-electron chi connectivity index (χ0n) is 11.3. The van der Waals surface area contributed by atoms with Crippen molar-refractivity contribution in [1.82, 2.24) is 10.3 Å². The van der Waals surface area contributed by atoms with Crippen LogP contribution in [0.5, 0.6) is 0 Å². The molecule has 0 aliphatic heterocycles. The Bertz CT molecular complexity index is 698. The van der Waals surface area contributed by atoms with Crippen LogP contribution in [0.1, 0.15) is 35.0 Å². The summed E-state index contributed by atoms with van der Waals surface area (Å²) in [5.41, 5.74) is -0.421. The lowest BCUT2D eigenvalue weighted by atomic mass is 10.1. The summed E-state index contributed by atoms with van der Waals surface area (Å²) in [6, 6.07) is 3.28. The molecular formula is C13H12ClN3O4. The molecule has 0 aliphatic carbocycles. The molecule has 0 spiro atoms. The van der Waals surface area contributed by atoms with E-state index in [0.29, 0.717) is 11.7 Å². The third-order valence-electron chi connectivity index (χ3n) is 2.76. The summed E-state index contributed by atoms with van der Waals surface area (Å²) in [6.45, 7) is 3.40. The van der Waals surface area contributed by atoms with Crippen LogP contribution in [0.15, 0.2) is 28.8 Å². The van der Waals surface area contributed by atoms with Crippen LogP contribution in [-0.2, 0) is 0 Å². The highest BCUT2D eigenvalue weighted by Crippen LogP contribution is 2.23. The summed E-state index contributed by atoms with van der Waals surface area (Å²) < 4.78 is 5.30. The summed E-state index contributed by atoms with van der Waals surface area (Å²) in [7, 11) is 0. The van der Waals surface area contributed by atoms with Gasteiger partial charge in [-0.1, -0.05) is 11.6 Å². The highest BCUT2D eigenvalue weighted by molar-refractivity contribution is 6.31. The highest BCUT2D eigenvalue weighted by Gasteiger charge is 2.23. The molecule has 21 heavy (non-hydrogen) atoms. The van der Waals surface area contributed by atoms with E-state index in [-0.39, 0.29) is 16.3 Å². The van der Waals surface area contributed by atoms with Crippen molar-refractivity contribution in [3.8, 4) is 0 Å². The third kappa shape index (κ3) is 3.38. The summed E-state index contributed by atoms with van der Waals surface area (Å²) in [5.74, 6) is 0.318. The smallest absolute Gasteiger partial charge is 0.282 e. The zero-order chi connectivity index (χ0) is 15.6. The van der Waals surface area contributed by atoms with Crippen LogP contribution in [0.2, 0.25) is 5.02 Å². The molecule has 1 N–H and O–H groups in total. The van der Waals surface area contributed by atoms with Crippen LogP contribution in [0, 0.1) is 17.0 Å². The Morgan fingerprint density at radius 2 is 2.24 bits per heavy atom. The summed E-state index contributed by atoms with van der Waals surface area (Å²) in [4.78, 5) is 26.5. The van der Waals surface area contributed by atoms with Gasteiger partial charge in [0.25, 0.3) is 11.6 Å². The lowest BCUT2D eigenvalue weighted by Gasteiger charge is -2.10. The maximum absolute atomic E-state index is 12.2. The molecule has 8 heteroatoms. The van der Waals surface area contributed by atoms with Crippen molar-refractivity contribution in [2.75, 3.05) is 0 Å². The normalized spacial score (nSPS) is 12.0. The van der Waals surface area contributed by atoms with Crippen LogP contribution < -0.4 is 5.32 Å². The minimum absolute atomic E-state index is 0.109. The van der Waals surface area contributed by atoms with Crippen LogP contribution >= 0.6 is 11.6 Å². The number of halogens is 1. The SMILES string of the molecule is Cc1cnc(C(C)NC(=O)c2cc(Cl)ccc2[N+](=O)[O-])o1. The summed E-state index contributed by atoms with van der Waals surface area (Å²) >= 11 is 5.79. The molecule has 0 saturated carbocycles. The lowest BCUT2D eigenvalue weighted by molar-refractivity contribution is -0.385. The Labute approximate surface area is 125 Å². The van der Waals surface area contributed by atoms with Gasteiger partial charge in [-0.05, 0) is 26.0 Å². The molecule has 0 bridgehead atoms. The molecule has 0 saturated heterocycles. The molecule has 2 aromatic rings. The average molecular weight is 310 g/mol. The molecule has 2 rings (SSSR count). The van der Waals surface area contributed by atoms with Gasteiger partial charge < -0.3 is 9.73 Å². The fraction of sp³-hybridized carbons (Fsp3) is 0.231. The fourth-order valence-corrected chi connectivity index (χ4v) is 1.93. The number of amides is 1. The number of hydrogen-bond donors (Lipinski definition) is 1. The van der Waals surface area contributed by atoms with Gasteiger partial charge in [-0.25, -0.2) is 4.98 Å². The Morgan fingerprint density at radius 3 is 2.81 bits per heavy atom. The predicted octanol–water partition coefficient (Wildman–Crippen LogP) is 3.04. The number of aromatic nitrogens is 1. The minimum atomic E-state index is -0.634.